The van der Waals surface area contributed by atoms with Crippen LogP contribution >= 0.6 is 0 Å². The van der Waals surface area contributed by atoms with Gasteiger partial charge in [-0.05, 0) is 51.4 Å². The van der Waals surface area contributed by atoms with Gasteiger partial charge in [-0.2, -0.15) is 0 Å². The van der Waals surface area contributed by atoms with Crippen LogP contribution in [0.2, 0.25) is 0 Å². The largest absolute Gasteiger partial charge is 0.624 e. The topological polar surface area (TPSA) is 104 Å². The van der Waals surface area contributed by atoms with Crippen LogP contribution in [0.3, 0.4) is 0 Å². The lowest BCUT2D eigenvalue weighted by Gasteiger charge is -2.06. The van der Waals surface area contributed by atoms with E-state index >= 15 is 0 Å². The zero-order valence-electron chi connectivity index (χ0n) is 28.4. The van der Waals surface area contributed by atoms with Crippen molar-refractivity contribution in [3.05, 3.63) is 20.8 Å². The van der Waals surface area contributed by atoms with Gasteiger partial charge in [-0.15, -0.1) is 0 Å². The zero-order valence-corrected chi connectivity index (χ0v) is 28.4. The van der Waals surface area contributed by atoms with Crippen molar-refractivity contribution in [3.8, 4) is 0 Å². The first kappa shape index (κ1) is 39.9. The Kier molecular flexibility index (Phi) is 28.0. The van der Waals surface area contributed by atoms with Crippen LogP contribution in [0.5, 0.6) is 0 Å². The van der Waals surface area contributed by atoms with Crippen LogP contribution in [0, 0.1) is 20.8 Å². The van der Waals surface area contributed by atoms with E-state index in [1.807, 2.05) is 24.9 Å². The van der Waals surface area contributed by atoms with Gasteiger partial charge >= 0.3 is 0 Å². The molecule has 0 radical (unpaired) electrons. The Balaban J connectivity index is 2.28. The maximum atomic E-state index is 12.0. The Hall–Kier alpha value is -2.12. The summed E-state index contributed by atoms with van der Waals surface area (Å²) >= 11 is 0. The van der Waals surface area contributed by atoms with E-state index in [0.717, 1.165) is 173 Å². The minimum Gasteiger partial charge on any atom is -0.624 e. The Morgan fingerprint density at radius 3 is 0.591 bits per heavy atom. The minimum absolute atomic E-state index is 0.598. The Morgan fingerprint density at radius 2 is 0.386 bits per heavy atom. The van der Waals surface area contributed by atoms with Gasteiger partial charge in [-0.3, -0.25) is 0 Å². The highest BCUT2D eigenvalue weighted by Gasteiger charge is 2.01. The van der Waals surface area contributed by atoms with Gasteiger partial charge in [0.25, 0.3) is 0 Å². The molecule has 0 aromatic heterocycles. The summed E-state index contributed by atoms with van der Waals surface area (Å²) in [5.41, 5.74) is 0. The van der Waals surface area contributed by atoms with Crippen LogP contribution in [0.4, 0.5) is 0 Å². The number of rotatable bonds is 0. The number of hydrogen-bond acceptors (Lipinski definition) is 4. The van der Waals surface area contributed by atoms with Crippen molar-refractivity contribution >= 4 is 24.9 Å². The first-order valence-corrected chi connectivity index (χ1v) is 18.7. The molecule has 0 saturated carbocycles. The third-order valence-electron chi connectivity index (χ3n) is 8.66. The fourth-order valence-corrected chi connectivity index (χ4v) is 5.78. The highest BCUT2D eigenvalue weighted by Crippen LogP contribution is 2.10. The van der Waals surface area contributed by atoms with E-state index < -0.39 is 0 Å². The number of nitrogens with zero attached hydrogens (tertiary/aromatic N) is 4. The van der Waals surface area contributed by atoms with Crippen molar-refractivity contribution < 1.29 is 19.0 Å². The predicted octanol–water partition coefficient (Wildman–Crippen LogP) is 9.25. The lowest BCUT2D eigenvalue weighted by atomic mass is 10.1. The molecule has 44 heavy (non-hydrogen) atoms. The molecule has 0 saturated heterocycles. The van der Waals surface area contributed by atoms with Crippen LogP contribution in [0.25, 0.3) is 0 Å². The van der Waals surface area contributed by atoms with Gasteiger partial charge in [0.1, 0.15) is 0 Å². The second-order valence-electron chi connectivity index (χ2n) is 12.9. The van der Waals surface area contributed by atoms with Crippen LogP contribution in [-0.4, -0.2) is 70.0 Å². The molecule has 1 aliphatic rings. The van der Waals surface area contributed by atoms with E-state index in [9.17, 15) is 20.8 Å². The minimum atomic E-state index is 0.598. The van der Waals surface area contributed by atoms with Gasteiger partial charge in [-0.1, -0.05) is 77.0 Å². The average Bonchev–Trinajstić information content (AvgIpc) is 3.01. The molecule has 0 spiro atoms. The molecule has 1 rings (SSSR count). The van der Waals surface area contributed by atoms with E-state index in [-0.39, 0.29) is 0 Å². The highest BCUT2D eigenvalue weighted by atomic mass is 16.5. The van der Waals surface area contributed by atoms with Gasteiger partial charge < -0.3 is 20.8 Å². The van der Waals surface area contributed by atoms with Crippen LogP contribution in [-0.2, 0) is 0 Å². The van der Waals surface area contributed by atoms with E-state index in [2.05, 4.69) is 0 Å². The van der Waals surface area contributed by atoms with Crippen LogP contribution in [0.1, 0.15) is 180 Å². The molecule has 0 bridgehead atoms. The molecule has 0 aromatic rings. The van der Waals surface area contributed by atoms with Crippen molar-refractivity contribution in [3.63, 3.8) is 0 Å². The quantitative estimate of drug-likeness (QED) is 0.199. The summed E-state index contributed by atoms with van der Waals surface area (Å²) in [7, 11) is 0. The molecule has 0 fully saturated rings. The Labute approximate surface area is 270 Å². The molecule has 0 atom stereocenters. The fourth-order valence-electron chi connectivity index (χ4n) is 5.78. The van der Waals surface area contributed by atoms with Gasteiger partial charge in [0.2, 0.25) is 0 Å². The van der Waals surface area contributed by atoms with Crippen molar-refractivity contribution in [2.45, 2.75) is 180 Å². The lowest BCUT2D eigenvalue weighted by molar-refractivity contribution is -0.454. The monoisotopic (exact) mass is 621 g/mol. The summed E-state index contributed by atoms with van der Waals surface area (Å²) in [5.74, 6) is 0. The molecular weight excluding hydrogens is 552 g/mol. The smallest absolute Gasteiger partial charge is 0.153 e. The molecular formula is C36H68N4O4. The second kappa shape index (κ2) is 30.9. The molecule has 0 aliphatic carbocycles. The number of hydrogen-bond donors (Lipinski definition) is 0. The average molecular weight is 621 g/mol. The van der Waals surface area contributed by atoms with Gasteiger partial charge in [0.05, 0.1) is 0 Å². The summed E-state index contributed by atoms with van der Waals surface area (Å²) in [6, 6.07) is 0. The van der Waals surface area contributed by atoms with Gasteiger partial charge in [0, 0.05) is 51.4 Å². The summed E-state index contributed by atoms with van der Waals surface area (Å²) in [6.45, 7) is 2.39. The molecule has 1 heterocycles. The first-order valence-electron chi connectivity index (χ1n) is 18.7. The molecule has 0 unspecified atom stereocenters. The maximum absolute atomic E-state index is 12.0. The second-order valence-corrected chi connectivity index (χ2v) is 12.9. The third kappa shape index (κ3) is 28.6. The van der Waals surface area contributed by atoms with Gasteiger partial charge in [-0.25, -0.2) is 19.0 Å². The highest BCUT2D eigenvalue weighted by molar-refractivity contribution is 5.51. The zero-order chi connectivity index (χ0) is 31.8. The number of hydroxylamine groups is 4. The van der Waals surface area contributed by atoms with Crippen LogP contribution in [0.15, 0.2) is 0 Å². The maximum Gasteiger partial charge on any atom is 0.153 e. The molecule has 8 nitrogen and oxygen atoms in total. The summed E-state index contributed by atoms with van der Waals surface area (Å²) in [4.78, 5) is 0. The predicted molar refractivity (Wildman–Crippen MR) is 188 cm³/mol. The van der Waals surface area contributed by atoms with Crippen molar-refractivity contribution in [2.75, 3.05) is 26.2 Å². The van der Waals surface area contributed by atoms with E-state index in [1.165, 1.54) is 25.7 Å². The normalized spacial score (nSPS) is 27.1. The fraction of sp³-hybridized carbons (Fsp3) is 0.889. The Bertz CT molecular complexity index is 654. The molecule has 0 amide bonds. The SMILES string of the molecule is [O-]/[N+]1=C\CCCCCCCC/[N+]([O-])=C\CCCCCCCC/[N+]([O-])=C/CCCCCCCC/[N+]([O-])=C\CCCCCCCC1. The van der Waals surface area contributed by atoms with E-state index in [0.29, 0.717) is 26.2 Å². The van der Waals surface area contributed by atoms with Crippen molar-refractivity contribution in [2.24, 2.45) is 0 Å². The van der Waals surface area contributed by atoms with Crippen LogP contribution < -0.4 is 0 Å². The summed E-state index contributed by atoms with van der Waals surface area (Å²) < 4.78 is 4.49. The molecule has 256 valence electrons. The van der Waals surface area contributed by atoms with E-state index in [1.54, 1.807) is 0 Å². The standard InChI is InChI=1S/C36H68N4O4/c41-37-29-21-13-5-1-6-14-22-30-38(42)32-24-16-8-3-10-18-26-34-40(44)36-28-20-12-4-11-19-27-35-39(43)33-25-17-9-2-7-15-23-31-37/h29,32-33,36H,1-28,30-31,34-35H2/b37-29-,38-32+,39-33+,40-36-. The van der Waals surface area contributed by atoms with E-state index in [4.69, 9.17) is 0 Å². The molecule has 1 aliphatic heterocycles. The Morgan fingerprint density at radius 1 is 0.227 bits per heavy atom. The summed E-state index contributed by atoms with van der Waals surface area (Å²) in [6.07, 6.45) is 37.0. The first-order chi connectivity index (χ1) is 21.6. The van der Waals surface area contributed by atoms with Crippen molar-refractivity contribution in [1.82, 2.24) is 0 Å². The lowest BCUT2D eigenvalue weighted by Crippen LogP contribution is -2.07. The van der Waals surface area contributed by atoms with Gasteiger partial charge in [0.15, 0.2) is 51.0 Å². The third-order valence-corrected chi connectivity index (χ3v) is 8.66. The molecule has 8 heteroatoms. The summed E-state index contributed by atoms with van der Waals surface area (Å²) in [5, 5.41) is 48.1. The van der Waals surface area contributed by atoms with Crippen molar-refractivity contribution in [1.29, 1.82) is 0 Å². The molecule has 0 aromatic carbocycles. The molecule has 0 N–H and O–H groups in total.